The number of rotatable bonds is 7. The second kappa shape index (κ2) is 10.1. The van der Waals surface area contributed by atoms with E-state index in [-0.39, 0.29) is 6.61 Å². The molecule has 4 nitrogen and oxygen atoms in total. The number of aliphatic hydroxyl groups excluding tert-OH is 1. The van der Waals surface area contributed by atoms with Gasteiger partial charge in [0, 0.05) is 30.2 Å². The summed E-state index contributed by atoms with van der Waals surface area (Å²) in [6, 6.07) is 13.1. The third-order valence-corrected chi connectivity index (χ3v) is 7.14. The van der Waals surface area contributed by atoms with Gasteiger partial charge in [-0.1, -0.05) is 26.0 Å². The summed E-state index contributed by atoms with van der Waals surface area (Å²) in [5.74, 6) is 1.90. The summed E-state index contributed by atoms with van der Waals surface area (Å²) in [6.07, 6.45) is 4.42. The Bertz CT molecular complexity index is 848. The van der Waals surface area contributed by atoms with E-state index in [9.17, 15) is 5.11 Å². The van der Waals surface area contributed by atoms with Crippen molar-refractivity contribution in [3.63, 3.8) is 0 Å². The summed E-state index contributed by atoms with van der Waals surface area (Å²) >= 11 is 1.76. The number of ether oxygens (including phenoxy) is 2. The number of hydrogen-bond acceptors (Lipinski definition) is 5. The van der Waals surface area contributed by atoms with Crippen LogP contribution in [0.1, 0.15) is 55.7 Å². The van der Waals surface area contributed by atoms with Crippen LogP contribution in [0.25, 0.3) is 0 Å². The van der Waals surface area contributed by atoms with Gasteiger partial charge in [-0.2, -0.15) is 0 Å². The number of benzene rings is 2. The van der Waals surface area contributed by atoms with Crippen molar-refractivity contribution < 1.29 is 14.6 Å². The molecule has 0 amide bonds. The Balaban J connectivity index is 1.45. The Hall–Kier alpha value is -1.69. The monoisotopic (exact) mass is 427 g/mol. The SMILES string of the molecule is CC(C)c1ccc2c(c1)CCCN2Sc1ccc(OCC2CCOCC2)c(CO)c1. The number of aliphatic hydroxyl groups is 1. The van der Waals surface area contributed by atoms with Crippen LogP contribution in [0.2, 0.25) is 0 Å². The number of fused-ring (bicyclic) bond motifs is 1. The maximum Gasteiger partial charge on any atom is 0.124 e. The molecule has 162 valence electrons. The lowest BCUT2D eigenvalue weighted by molar-refractivity contribution is 0.0494. The molecule has 2 aliphatic heterocycles. The first-order chi connectivity index (χ1) is 14.6. The first kappa shape index (κ1) is 21.5. The number of aryl methyl sites for hydroxylation is 1. The summed E-state index contributed by atoms with van der Waals surface area (Å²) in [4.78, 5) is 1.14. The molecule has 2 aromatic carbocycles. The third kappa shape index (κ3) is 5.13. The normalized spacial score (nSPS) is 17.3. The predicted octanol–water partition coefficient (Wildman–Crippen LogP) is 5.57. The molecule has 1 N–H and O–H groups in total. The minimum absolute atomic E-state index is 0.00809. The molecule has 0 aliphatic carbocycles. The predicted molar refractivity (Wildman–Crippen MR) is 123 cm³/mol. The fourth-order valence-electron chi connectivity index (χ4n) is 4.16. The van der Waals surface area contributed by atoms with Crippen molar-refractivity contribution in [1.29, 1.82) is 0 Å². The fraction of sp³-hybridized carbons (Fsp3) is 0.520. The van der Waals surface area contributed by atoms with Gasteiger partial charge in [-0.3, -0.25) is 0 Å². The standard InChI is InChI=1S/C25H33NO3S/c1-18(2)20-5-7-24-21(14-20)4-3-11-26(24)30-23-6-8-25(22(15-23)16-27)29-17-19-9-12-28-13-10-19/h5-8,14-15,18-19,27H,3-4,9-13,16-17H2,1-2H3. The van der Waals surface area contributed by atoms with E-state index in [1.54, 1.807) is 11.9 Å². The van der Waals surface area contributed by atoms with Gasteiger partial charge in [0.15, 0.2) is 0 Å². The van der Waals surface area contributed by atoms with E-state index < -0.39 is 0 Å². The van der Waals surface area contributed by atoms with Crippen LogP contribution in [0.4, 0.5) is 5.69 Å². The molecule has 2 aliphatic rings. The molecular weight excluding hydrogens is 394 g/mol. The molecule has 2 heterocycles. The van der Waals surface area contributed by atoms with E-state index in [2.05, 4.69) is 48.5 Å². The molecule has 0 aromatic heterocycles. The quantitative estimate of drug-likeness (QED) is 0.585. The van der Waals surface area contributed by atoms with Crippen molar-refractivity contribution in [1.82, 2.24) is 0 Å². The van der Waals surface area contributed by atoms with Crippen LogP contribution < -0.4 is 9.04 Å². The molecule has 1 saturated heterocycles. The van der Waals surface area contributed by atoms with E-state index in [4.69, 9.17) is 9.47 Å². The van der Waals surface area contributed by atoms with E-state index in [1.807, 2.05) is 6.07 Å². The molecule has 0 saturated carbocycles. The van der Waals surface area contributed by atoms with Gasteiger partial charge in [-0.25, -0.2) is 0 Å². The summed E-state index contributed by atoms with van der Waals surface area (Å²) in [5, 5.41) is 9.90. The molecular formula is C25H33NO3S. The van der Waals surface area contributed by atoms with E-state index in [0.29, 0.717) is 18.4 Å². The lowest BCUT2D eigenvalue weighted by Crippen LogP contribution is -2.22. The lowest BCUT2D eigenvalue weighted by Gasteiger charge is -2.31. The van der Waals surface area contributed by atoms with Crippen molar-refractivity contribution in [2.45, 2.75) is 57.0 Å². The van der Waals surface area contributed by atoms with Crippen LogP contribution in [-0.2, 0) is 17.8 Å². The Kier molecular flexibility index (Phi) is 7.24. The number of anilines is 1. The van der Waals surface area contributed by atoms with Crippen molar-refractivity contribution in [2.75, 3.05) is 30.7 Å². The highest BCUT2D eigenvalue weighted by Gasteiger charge is 2.20. The molecule has 30 heavy (non-hydrogen) atoms. The van der Waals surface area contributed by atoms with Crippen LogP contribution in [-0.4, -0.2) is 31.5 Å². The Labute approximate surface area is 184 Å². The Morgan fingerprint density at radius 3 is 2.77 bits per heavy atom. The second-order valence-electron chi connectivity index (χ2n) is 8.63. The van der Waals surface area contributed by atoms with Gasteiger partial charge in [-0.15, -0.1) is 0 Å². The molecule has 1 fully saturated rings. The Morgan fingerprint density at radius 2 is 2.00 bits per heavy atom. The smallest absolute Gasteiger partial charge is 0.124 e. The summed E-state index contributed by atoms with van der Waals surface area (Å²) in [5.41, 5.74) is 5.04. The highest BCUT2D eigenvalue weighted by Crippen LogP contribution is 2.38. The fourth-order valence-corrected chi connectivity index (χ4v) is 5.24. The first-order valence-electron chi connectivity index (χ1n) is 11.2. The van der Waals surface area contributed by atoms with Gasteiger partial charge in [0.05, 0.1) is 18.9 Å². The molecule has 0 spiro atoms. The van der Waals surface area contributed by atoms with Crippen LogP contribution in [0.3, 0.4) is 0 Å². The van der Waals surface area contributed by atoms with Crippen molar-refractivity contribution in [3.8, 4) is 5.75 Å². The van der Waals surface area contributed by atoms with E-state index >= 15 is 0 Å². The van der Waals surface area contributed by atoms with Gasteiger partial charge in [0.2, 0.25) is 0 Å². The van der Waals surface area contributed by atoms with Crippen LogP contribution in [0.5, 0.6) is 5.75 Å². The molecule has 4 rings (SSSR count). The minimum Gasteiger partial charge on any atom is -0.493 e. The van der Waals surface area contributed by atoms with E-state index in [1.165, 1.54) is 23.2 Å². The zero-order valence-electron chi connectivity index (χ0n) is 18.1. The molecule has 0 atom stereocenters. The van der Waals surface area contributed by atoms with Gasteiger partial charge in [0.25, 0.3) is 0 Å². The highest BCUT2D eigenvalue weighted by atomic mass is 32.2. The second-order valence-corrected chi connectivity index (χ2v) is 9.73. The van der Waals surface area contributed by atoms with Crippen LogP contribution >= 0.6 is 11.9 Å². The summed E-state index contributed by atoms with van der Waals surface area (Å²) in [7, 11) is 0. The van der Waals surface area contributed by atoms with Gasteiger partial charge in [-0.05, 0) is 84.9 Å². The van der Waals surface area contributed by atoms with E-state index in [0.717, 1.165) is 55.2 Å². The highest BCUT2D eigenvalue weighted by molar-refractivity contribution is 8.00. The molecule has 5 heteroatoms. The summed E-state index contributed by atoms with van der Waals surface area (Å²) in [6.45, 7) is 7.87. The maximum absolute atomic E-state index is 9.90. The van der Waals surface area contributed by atoms with Crippen molar-refractivity contribution in [2.24, 2.45) is 5.92 Å². The average Bonchev–Trinajstić information content (AvgIpc) is 2.78. The topological polar surface area (TPSA) is 41.9 Å². The van der Waals surface area contributed by atoms with Gasteiger partial charge in [0.1, 0.15) is 5.75 Å². The molecule has 0 unspecified atom stereocenters. The van der Waals surface area contributed by atoms with Gasteiger partial charge >= 0.3 is 0 Å². The largest absolute Gasteiger partial charge is 0.493 e. The maximum atomic E-state index is 9.90. The first-order valence-corrected chi connectivity index (χ1v) is 11.9. The van der Waals surface area contributed by atoms with Crippen molar-refractivity contribution in [3.05, 3.63) is 53.1 Å². The summed E-state index contributed by atoms with van der Waals surface area (Å²) < 4.78 is 13.9. The average molecular weight is 428 g/mol. The minimum atomic E-state index is -0.00809. The molecule has 0 radical (unpaired) electrons. The van der Waals surface area contributed by atoms with Crippen LogP contribution in [0.15, 0.2) is 41.3 Å². The Morgan fingerprint density at radius 1 is 1.17 bits per heavy atom. The zero-order chi connectivity index (χ0) is 20.9. The van der Waals surface area contributed by atoms with Crippen molar-refractivity contribution >= 4 is 17.6 Å². The number of nitrogens with zero attached hydrogens (tertiary/aromatic N) is 1. The van der Waals surface area contributed by atoms with Crippen LogP contribution in [0, 0.1) is 5.92 Å². The zero-order valence-corrected chi connectivity index (χ0v) is 18.9. The van der Waals surface area contributed by atoms with Gasteiger partial charge < -0.3 is 18.9 Å². The number of hydrogen-bond donors (Lipinski definition) is 1. The third-order valence-electron chi connectivity index (χ3n) is 6.08. The molecule has 2 aromatic rings. The molecule has 0 bridgehead atoms. The lowest BCUT2D eigenvalue weighted by atomic mass is 9.96.